The molecule has 0 fully saturated rings. The SMILES string of the molecule is Cc1ccc(Cc2c(-c3ccc(C#N)cc3)nc3c4ccccc4ccn23)cc1. The third kappa shape index (κ3) is 3.05. The van der Waals surface area contributed by atoms with Gasteiger partial charge in [-0.25, -0.2) is 4.98 Å². The second-order valence-electron chi connectivity index (χ2n) is 7.36. The van der Waals surface area contributed by atoms with Gasteiger partial charge < -0.3 is 4.40 Å². The summed E-state index contributed by atoms with van der Waals surface area (Å²) >= 11 is 0. The van der Waals surface area contributed by atoms with Crippen molar-refractivity contribution in [2.24, 2.45) is 0 Å². The van der Waals surface area contributed by atoms with Crippen LogP contribution in [0, 0.1) is 18.3 Å². The van der Waals surface area contributed by atoms with Gasteiger partial charge in [-0.1, -0.05) is 66.2 Å². The van der Waals surface area contributed by atoms with Crippen LogP contribution in [-0.4, -0.2) is 9.38 Å². The van der Waals surface area contributed by atoms with Crippen LogP contribution in [0.1, 0.15) is 22.4 Å². The summed E-state index contributed by atoms with van der Waals surface area (Å²) in [7, 11) is 0. The molecular weight excluding hydrogens is 354 g/mol. The van der Waals surface area contributed by atoms with Crippen LogP contribution in [-0.2, 0) is 6.42 Å². The molecule has 2 heterocycles. The van der Waals surface area contributed by atoms with E-state index in [4.69, 9.17) is 10.2 Å². The highest BCUT2D eigenvalue weighted by molar-refractivity contribution is 5.95. The van der Waals surface area contributed by atoms with Crippen LogP contribution < -0.4 is 0 Å². The molecule has 2 aromatic heterocycles. The van der Waals surface area contributed by atoms with Gasteiger partial charge in [0.25, 0.3) is 0 Å². The van der Waals surface area contributed by atoms with Crippen molar-refractivity contribution < 1.29 is 0 Å². The van der Waals surface area contributed by atoms with Crippen molar-refractivity contribution in [1.29, 1.82) is 5.26 Å². The lowest BCUT2D eigenvalue weighted by molar-refractivity contribution is 1.03. The summed E-state index contributed by atoms with van der Waals surface area (Å²) in [6.07, 6.45) is 2.90. The predicted molar refractivity (Wildman–Crippen MR) is 117 cm³/mol. The standard InChI is InChI=1S/C26H19N3/c1-18-6-8-19(9-7-18)16-24-25(22-12-10-20(17-27)11-13-22)28-26-23-5-3-2-4-21(23)14-15-29(24)26/h2-15H,16H2,1H3. The van der Waals surface area contributed by atoms with Crippen molar-refractivity contribution in [2.75, 3.05) is 0 Å². The Hall–Kier alpha value is -3.90. The zero-order valence-electron chi connectivity index (χ0n) is 16.1. The minimum Gasteiger partial charge on any atom is -0.303 e. The minimum atomic E-state index is 0.656. The van der Waals surface area contributed by atoms with Gasteiger partial charge in [-0.05, 0) is 36.1 Å². The molecule has 0 aliphatic heterocycles. The van der Waals surface area contributed by atoms with E-state index >= 15 is 0 Å². The molecule has 3 heteroatoms. The number of nitrogens with zero attached hydrogens (tertiary/aromatic N) is 3. The third-order valence-corrected chi connectivity index (χ3v) is 5.39. The van der Waals surface area contributed by atoms with Crippen molar-refractivity contribution in [1.82, 2.24) is 9.38 Å². The van der Waals surface area contributed by atoms with Crippen LogP contribution in [0.4, 0.5) is 0 Å². The molecule has 0 N–H and O–H groups in total. The van der Waals surface area contributed by atoms with Gasteiger partial charge in [0, 0.05) is 23.6 Å². The highest BCUT2D eigenvalue weighted by Crippen LogP contribution is 2.30. The lowest BCUT2D eigenvalue weighted by Crippen LogP contribution is -1.97. The Morgan fingerprint density at radius 1 is 0.897 bits per heavy atom. The number of hydrogen-bond acceptors (Lipinski definition) is 2. The van der Waals surface area contributed by atoms with Gasteiger partial charge in [0.2, 0.25) is 0 Å². The highest BCUT2D eigenvalue weighted by Gasteiger charge is 2.16. The first-order chi connectivity index (χ1) is 14.2. The van der Waals surface area contributed by atoms with Gasteiger partial charge in [-0.15, -0.1) is 0 Å². The zero-order chi connectivity index (χ0) is 19.8. The molecule has 138 valence electrons. The molecule has 0 spiro atoms. The molecule has 0 amide bonds. The highest BCUT2D eigenvalue weighted by atomic mass is 15.0. The lowest BCUT2D eigenvalue weighted by atomic mass is 10.0. The molecule has 29 heavy (non-hydrogen) atoms. The van der Waals surface area contributed by atoms with Crippen molar-refractivity contribution in [3.8, 4) is 17.3 Å². The van der Waals surface area contributed by atoms with Gasteiger partial charge in [0.05, 0.1) is 23.0 Å². The molecule has 3 nitrogen and oxygen atoms in total. The average molecular weight is 373 g/mol. The van der Waals surface area contributed by atoms with E-state index in [1.54, 1.807) is 0 Å². The molecular formula is C26H19N3. The second kappa shape index (κ2) is 6.92. The Balaban J connectivity index is 1.75. The molecule has 0 aliphatic rings. The number of aryl methyl sites for hydroxylation is 1. The van der Waals surface area contributed by atoms with E-state index in [-0.39, 0.29) is 0 Å². The first-order valence-corrected chi connectivity index (χ1v) is 9.68. The maximum Gasteiger partial charge on any atom is 0.145 e. The number of imidazole rings is 1. The molecule has 0 radical (unpaired) electrons. The molecule has 0 saturated heterocycles. The molecule has 5 aromatic rings. The molecule has 0 saturated carbocycles. The van der Waals surface area contributed by atoms with Crippen molar-refractivity contribution >= 4 is 16.4 Å². The van der Waals surface area contributed by atoms with Gasteiger partial charge in [-0.3, -0.25) is 0 Å². The molecule has 3 aromatic carbocycles. The first kappa shape index (κ1) is 17.2. The van der Waals surface area contributed by atoms with E-state index in [1.165, 1.54) is 16.5 Å². The number of pyridine rings is 1. The smallest absolute Gasteiger partial charge is 0.145 e. The fourth-order valence-electron chi connectivity index (χ4n) is 3.82. The Kier molecular flexibility index (Phi) is 4.11. The average Bonchev–Trinajstić information content (AvgIpc) is 3.14. The first-order valence-electron chi connectivity index (χ1n) is 9.68. The van der Waals surface area contributed by atoms with Crippen LogP contribution in [0.5, 0.6) is 0 Å². The Bertz CT molecular complexity index is 1370. The van der Waals surface area contributed by atoms with Gasteiger partial charge in [0.15, 0.2) is 0 Å². The molecule has 0 aliphatic carbocycles. The molecule has 5 rings (SSSR count). The summed E-state index contributed by atoms with van der Waals surface area (Å²) < 4.78 is 2.20. The van der Waals surface area contributed by atoms with E-state index in [1.807, 2.05) is 24.3 Å². The second-order valence-corrected chi connectivity index (χ2v) is 7.36. The van der Waals surface area contributed by atoms with E-state index in [9.17, 15) is 0 Å². The topological polar surface area (TPSA) is 41.1 Å². The summed E-state index contributed by atoms with van der Waals surface area (Å²) in [6.45, 7) is 2.10. The number of fused-ring (bicyclic) bond motifs is 3. The van der Waals surface area contributed by atoms with Crippen molar-refractivity contribution in [3.05, 3.63) is 107 Å². The molecule has 0 bridgehead atoms. The van der Waals surface area contributed by atoms with Crippen LogP contribution in [0.3, 0.4) is 0 Å². The summed E-state index contributed by atoms with van der Waals surface area (Å²) in [5, 5.41) is 11.5. The van der Waals surface area contributed by atoms with Gasteiger partial charge in [0.1, 0.15) is 5.65 Å². The number of rotatable bonds is 3. The number of aromatic nitrogens is 2. The number of nitriles is 1. The quantitative estimate of drug-likeness (QED) is 0.393. The normalized spacial score (nSPS) is 11.0. The van der Waals surface area contributed by atoms with Crippen molar-refractivity contribution in [3.63, 3.8) is 0 Å². The monoisotopic (exact) mass is 373 g/mol. The maximum atomic E-state index is 9.13. The maximum absolute atomic E-state index is 9.13. The third-order valence-electron chi connectivity index (χ3n) is 5.39. The molecule has 0 atom stereocenters. The van der Waals surface area contributed by atoms with Crippen LogP contribution in [0.15, 0.2) is 85.1 Å². The van der Waals surface area contributed by atoms with Gasteiger partial charge in [-0.2, -0.15) is 5.26 Å². The van der Waals surface area contributed by atoms with Crippen LogP contribution in [0.2, 0.25) is 0 Å². The Morgan fingerprint density at radius 3 is 2.41 bits per heavy atom. The van der Waals surface area contributed by atoms with E-state index in [0.29, 0.717) is 5.56 Å². The summed E-state index contributed by atoms with van der Waals surface area (Å²) in [5.41, 5.74) is 7.27. The van der Waals surface area contributed by atoms with Crippen molar-refractivity contribution in [2.45, 2.75) is 13.3 Å². The largest absolute Gasteiger partial charge is 0.303 e. The van der Waals surface area contributed by atoms with E-state index < -0.39 is 0 Å². The lowest BCUT2D eigenvalue weighted by Gasteiger charge is -2.07. The minimum absolute atomic E-state index is 0.656. The van der Waals surface area contributed by atoms with E-state index in [2.05, 4.69) is 78.2 Å². The Labute approximate surface area is 169 Å². The number of hydrogen-bond donors (Lipinski definition) is 0. The fourth-order valence-corrected chi connectivity index (χ4v) is 3.82. The number of benzene rings is 3. The van der Waals surface area contributed by atoms with E-state index in [0.717, 1.165) is 34.4 Å². The molecule has 0 unspecified atom stereocenters. The van der Waals surface area contributed by atoms with Gasteiger partial charge >= 0.3 is 0 Å². The summed E-state index contributed by atoms with van der Waals surface area (Å²) in [4.78, 5) is 5.06. The summed E-state index contributed by atoms with van der Waals surface area (Å²) in [5.74, 6) is 0. The summed E-state index contributed by atoms with van der Waals surface area (Å²) in [6, 6.07) is 29.0. The fraction of sp³-hybridized carbons (Fsp3) is 0.0769. The van der Waals surface area contributed by atoms with Crippen LogP contribution in [0.25, 0.3) is 27.7 Å². The predicted octanol–water partition coefficient (Wildman–Crippen LogP) is 5.93. The Morgan fingerprint density at radius 2 is 1.66 bits per heavy atom. The van der Waals surface area contributed by atoms with Crippen LogP contribution >= 0.6 is 0 Å². The zero-order valence-corrected chi connectivity index (χ0v) is 16.1.